The predicted octanol–water partition coefficient (Wildman–Crippen LogP) is 24.3. The molecule has 1 atom stereocenters. The zero-order valence-corrected chi connectivity index (χ0v) is 53.4. The molecule has 0 aromatic carbocycles. The topological polar surface area (TPSA) is 78.9 Å². The first kappa shape index (κ1) is 76.6. The lowest BCUT2D eigenvalue weighted by molar-refractivity contribution is -0.167. The Kier molecular flexibility index (Phi) is 66.1. The molecule has 0 saturated carbocycles. The third kappa shape index (κ3) is 66.3. The first-order valence-electron chi connectivity index (χ1n) is 35.5. The lowest BCUT2D eigenvalue weighted by Gasteiger charge is -2.18. The van der Waals surface area contributed by atoms with Crippen molar-refractivity contribution in [3.63, 3.8) is 0 Å². The average molecular weight is 1110 g/mol. The molecule has 0 rings (SSSR count). The summed E-state index contributed by atoms with van der Waals surface area (Å²) in [6, 6.07) is 0. The Morgan fingerprint density at radius 1 is 0.253 bits per heavy atom. The van der Waals surface area contributed by atoms with Crippen molar-refractivity contribution in [3.8, 4) is 0 Å². The van der Waals surface area contributed by atoms with Crippen LogP contribution in [0.2, 0.25) is 0 Å². The number of carbonyl (C=O) groups excluding carboxylic acids is 3. The second-order valence-electron chi connectivity index (χ2n) is 24.1. The Hall–Kier alpha value is -2.37. The van der Waals surface area contributed by atoms with E-state index in [2.05, 4.69) is 57.2 Å². The SMILES string of the molecule is CCCCC/C=C\CCCCCCCC(=O)OCC(COC(=O)CCCCCCCCCCCCCCC/C=C\C/C=C\CCCCCCC)OC(=O)CCCCCCCCCCCCCCCCCCCCCCCCCC. The highest BCUT2D eigenvalue weighted by atomic mass is 16.6. The summed E-state index contributed by atoms with van der Waals surface area (Å²) >= 11 is 0. The molecule has 0 radical (unpaired) electrons. The minimum atomic E-state index is -0.774. The maximum Gasteiger partial charge on any atom is 0.306 e. The molecule has 464 valence electrons. The maximum atomic E-state index is 12.9. The van der Waals surface area contributed by atoms with Crippen LogP contribution in [0, 0.1) is 0 Å². The van der Waals surface area contributed by atoms with Gasteiger partial charge in [0.05, 0.1) is 0 Å². The van der Waals surface area contributed by atoms with Gasteiger partial charge in [0.25, 0.3) is 0 Å². The highest BCUT2D eigenvalue weighted by molar-refractivity contribution is 5.71. The fourth-order valence-electron chi connectivity index (χ4n) is 10.8. The van der Waals surface area contributed by atoms with E-state index in [1.165, 1.54) is 283 Å². The molecule has 0 aliphatic carbocycles. The van der Waals surface area contributed by atoms with Gasteiger partial charge in [-0.25, -0.2) is 0 Å². The number of allylic oxidation sites excluding steroid dienone is 6. The van der Waals surface area contributed by atoms with Crippen LogP contribution in [0.3, 0.4) is 0 Å². The molecular weight excluding hydrogens is 973 g/mol. The largest absolute Gasteiger partial charge is 0.462 e. The van der Waals surface area contributed by atoms with Gasteiger partial charge in [0, 0.05) is 19.3 Å². The van der Waals surface area contributed by atoms with Gasteiger partial charge in [-0.2, -0.15) is 0 Å². The minimum Gasteiger partial charge on any atom is -0.462 e. The van der Waals surface area contributed by atoms with Crippen LogP contribution in [0.15, 0.2) is 36.5 Å². The molecule has 0 aromatic heterocycles. The van der Waals surface area contributed by atoms with Crippen molar-refractivity contribution < 1.29 is 28.6 Å². The van der Waals surface area contributed by atoms with E-state index in [9.17, 15) is 14.4 Å². The number of esters is 3. The molecule has 0 N–H and O–H groups in total. The molecule has 0 saturated heterocycles. The number of hydrogen-bond donors (Lipinski definition) is 0. The van der Waals surface area contributed by atoms with Crippen LogP contribution in [-0.2, 0) is 28.6 Å². The molecule has 0 heterocycles. The van der Waals surface area contributed by atoms with Gasteiger partial charge in [-0.15, -0.1) is 0 Å². The lowest BCUT2D eigenvalue weighted by Crippen LogP contribution is -2.30. The summed E-state index contributed by atoms with van der Waals surface area (Å²) in [4.78, 5) is 38.4. The van der Waals surface area contributed by atoms with Crippen LogP contribution in [0.4, 0.5) is 0 Å². The number of ether oxygens (including phenoxy) is 3. The van der Waals surface area contributed by atoms with E-state index in [-0.39, 0.29) is 31.1 Å². The van der Waals surface area contributed by atoms with Crippen molar-refractivity contribution in [2.24, 2.45) is 0 Å². The van der Waals surface area contributed by atoms with Gasteiger partial charge in [0.15, 0.2) is 6.10 Å². The lowest BCUT2D eigenvalue weighted by atomic mass is 10.0. The van der Waals surface area contributed by atoms with E-state index >= 15 is 0 Å². The first-order chi connectivity index (χ1) is 39.0. The number of carbonyl (C=O) groups is 3. The van der Waals surface area contributed by atoms with Crippen molar-refractivity contribution in [3.05, 3.63) is 36.5 Å². The summed E-state index contributed by atoms with van der Waals surface area (Å²) in [5, 5.41) is 0. The summed E-state index contributed by atoms with van der Waals surface area (Å²) in [5.74, 6) is -0.852. The van der Waals surface area contributed by atoms with E-state index in [1.807, 2.05) is 0 Å². The molecule has 79 heavy (non-hydrogen) atoms. The van der Waals surface area contributed by atoms with Crippen molar-refractivity contribution in [2.75, 3.05) is 13.2 Å². The summed E-state index contributed by atoms with van der Waals surface area (Å²) in [6.45, 7) is 6.67. The molecule has 6 heteroatoms. The Morgan fingerprint density at radius 3 is 0.734 bits per heavy atom. The van der Waals surface area contributed by atoms with Gasteiger partial charge in [0.1, 0.15) is 13.2 Å². The van der Waals surface area contributed by atoms with Crippen LogP contribution in [0.25, 0.3) is 0 Å². The number of rotatable bonds is 66. The standard InChI is InChI=1S/C73H136O6/c1-4-7-10-13-16-19-22-25-27-29-31-33-35-37-39-40-42-44-46-48-51-54-57-60-63-66-72(75)78-69-70(68-77-71(74)65-62-59-56-53-50-24-21-18-15-12-9-6-3)79-73(76)67-64-61-58-55-52-49-47-45-43-41-38-36-34-32-30-28-26-23-20-17-14-11-8-5-2/h18,21-22,25,29,31,70H,4-17,19-20,23-24,26-28,30,32-69H2,1-3H3/b21-18-,25-22-,31-29-. The average Bonchev–Trinajstić information content (AvgIpc) is 3.45. The van der Waals surface area contributed by atoms with Crippen LogP contribution >= 0.6 is 0 Å². The van der Waals surface area contributed by atoms with Gasteiger partial charge >= 0.3 is 17.9 Å². The third-order valence-corrected chi connectivity index (χ3v) is 16.1. The molecule has 0 amide bonds. The van der Waals surface area contributed by atoms with Crippen LogP contribution < -0.4 is 0 Å². The molecule has 0 bridgehead atoms. The molecule has 1 unspecified atom stereocenters. The van der Waals surface area contributed by atoms with E-state index < -0.39 is 6.10 Å². The van der Waals surface area contributed by atoms with E-state index in [4.69, 9.17) is 14.2 Å². The zero-order chi connectivity index (χ0) is 57.1. The van der Waals surface area contributed by atoms with Gasteiger partial charge in [0.2, 0.25) is 0 Å². The van der Waals surface area contributed by atoms with Crippen LogP contribution in [0.1, 0.15) is 393 Å². The third-order valence-electron chi connectivity index (χ3n) is 16.1. The van der Waals surface area contributed by atoms with E-state index in [0.29, 0.717) is 19.3 Å². The normalized spacial score (nSPS) is 12.2. The number of unbranched alkanes of at least 4 members (excludes halogenated alkanes) is 49. The second-order valence-corrected chi connectivity index (χ2v) is 24.1. The molecule has 0 aromatic rings. The Bertz CT molecular complexity index is 1320. The highest BCUT2D eigenvalue weighted by Crippen LogP contribution is 2.18. The summed E-state index contributed by atoms with van der Waals surface area (Å²) in [5.41, 5.74) is 0. The van der Waals surface area contributed by atoms with E-state index in [1.54, 1.807) is 0 Å². The second kappa shape index (κ2) is 68.1. The minimum absolute atomic E-state index is 0.0703. The molecule has 0 fully saturated rings. The van der Waals surface area contributed by atoms with Gasteiger partial charge < -0.3 is 14.2 Å². The molecular formula is C73H136O6. The van der Waals surface area contributed by atoms with Gasteiger partial charge in [-0.05, 0) is 77.0 Å². The molecule has 6 nitrogen and oxygen atoms in total. The van der Waals surface area contributed by atoms with Crippen molar-refractivity contribution in [2.45, 2.75) is 399 Å². The Balaban J connectivity index is 4.20. The Labute approximate surface area is 493 Å². The Morgan fingerprint density at radius 2 is 0.456 bits per heavy atom. The van der Waals surface area contributed by atoms with Crippen molar-refractivity contribution >= 4 is 17.9 Å². The van der Waals surface area contributed by atoms with E-state index in [0.717, 1.165) is 70.6 Å². The van der Waals surface area contributed by atoms with Crippen LogP contribution in [-0.4, -0.2) is 37.2 Å². The fourth-order valence-corrected chi connectivity index (χ4v) is 10.8. The zero-order valence-electron chi connectivity index (χ0n) is 53.4. The fraction of sp³-hybridized carbons (Fsp3) is 0.877. The summed E-state index contributed by atoms with van der Waals surface area (Å²) in [6.07, 6.45) is 84.6. The van der Waals surface area contributed by atoms with Crippen molar-refractivity contribution in [1.82, 2.24) is 0 Å². The first-order valence-corrected chi connectivity index (χ1v) is 35.5. The van der Waals surface area contributed by atoms with Gasteiger partial charge in [-0.3, -0.25) is 14.4 Å². The highest BCUT2D eigenvalue weighted by Gasteiger charge is 2.19. The van der Waals surface area contributed by atoms with Crippen molar-refractivity contribution in [1.29, 1.82) is 0 Å². The quantitative estimate of drug-likeness (QED) is 0.0261. The van der Waals surface area contributed by atoms with Crippen LogP contribution in [0.5, 0.6) is 0 Å². The van der Waals surface area contributed by atoms with Gasteiger partial charge in [-0.1, -0.05) is 333 Å². The predicted molar refractivity (Wildman–Crippen MR) is 344 cm³/mol. The molecule has 0 aliphatic rings. The monoisotopic (exact) mass is 1110 g/mol. The smallest absolute Gasteiger partial charge is 0.306 e. The number of hydrogen-bond acceptors (Lipinski definition) is 6. The summed E-state index contributed by atoms with van der Waals surface area (Å²) in [7, 11) is 0. The molecule has 0 aliphatic heterocycles. The summed E-state index contributed by atoms with van der Waals surface area (Å²) < 4.78 is 17.0. The maximum absolute atomic E-state index is 12.9. The molecule has 0 spiro atoms.